The minimum Gasteiger partial charge on any atom is -0.326 e. The normalized spacial score (nSPS) is 13.8. The lowest BCUT2D eigenvalue weighted by atomic mass is 9.95. The third kappa shape index (κ3) is 9.84. The van der Waals surface area contributed by atoms with Crippen molar-refractivity contribution in [3.8, 4) is 0 Å². The molecule has 0 aliphatic heterocycles. The molecule has 0 aromatic rings. The molecule has 0 aromatic carbocycles. The van der Waals surface area contributed by atoms with Crippen molar-refractivity contribution in [2.24, 2.45) is 11.1 Å². The molecular weight excluding hydrogens is 160 g/mol. The van der Waals surface area contributed by atoms with Crippen molar-refractivity contribution in [3.63, 3.8) is 0 Å². The van der Waals surface area contributed by atoms with Crippen molar-refractivity contribution in [2.45, 2.75) is 46.6 Å². The van der Waals surface area contributed by atoms with Crippen LogP contribution in [0.5, 0.6) is 0 Å². The van der Waals surface area contributed by atoms with E-state index in [9.17, 15) is 0 Å². The Morgan fingerprint density at radius 1 is 1.08 bits per heavy atom. The standard InChI is InChI=1S/C11H26N2/c1-10(2,3)9-13(6)8-7-11(4,5)12/h7-9,12H2,1-6H3. The molecule has 0 saturated carbocycles. The monoisotopic (exact) mass is 186 g/mol. The molecule has 0 atom stereocenters. The number of nitrogens with two attached hydrogens (primary N) is 1. The molecule has 0 amide bonds. The van der Waals surface area contributed by atoms with Gasteiger partial charge in [0.1, 0.15) is 0 Å². The molecule has 80 valence electrons. The van der Waals surface area contributed by atoms with E-state index in [4.69, 9.17) is 5.73 Å². The van der Waals surface area contributed by atoms with E-state index in [1.165, 1.54) is 0 Å². The average Bonchev–Trinajstić information content (AvgIpc) is 1.78. The van der Waals surface area contributed by atoms with Gasteiger partial charge in [-0.25, -0.2) is 0 Å². The molecule has 0 fully saturated rings. The summed E-state index contributed by atoms with van der Waals surface area (Å²) in [4.78, 5) is 2.36. The van der Waals surface area contributed by atoms with Crippen molar-refractivity contribution in [1.29, 1.82) is 0 Å². The molecule has 0 rings (SSSR count). The summed E-state index contributed by atoms with van der Waals surface area (Å²) in [5.74, 6) is 0. The first-order chi connectivity index (χ1) is 5.60. The fourth-order valence-electron chi connectivity index (χ4n) is 1.37. The predicted octanol–water partition coefficient (Wildman–Crippen LogP) is 2.09. The summed E-state index contributed by atoms with van der Waals surface area (Å²) in [5.41, 5.74) is 6.27. The second kappa shape index (κ2) is 4.43. The zero-order valence-electron chi connectivity index (χ0n) is 10.1. The van der Waals surface area contributed by atoms with E-state index in [2.05, 4.69) is 46.6 Å². The van der Waals surface area contributed by atoms with Crippen LogP contribution in [0.3, 0.4) is 0 Å². The minimum atomic E-state index is -0.0356. The Kier molecular flexibility index (Phi) is 4.40. The Balaban J connectivity index is 3.70. The molecule has 0 aliphatic rings. The predicted molar refractivity (Wildman–Crippen MR) is 59.8 cm³/mol. The summed E-state index contributed by atoms with van der Waals surface area (Å²) < 4.78 is 0. The number of rotatable bonds is 4. The average molecular weight is 186 g/mol. The molecule has 2 heteroatoms. The summed E-state index contributed by atoms with van der Waals surface area (Å²) in [6, 6.07) is 0. The Morgan fingerprint density at radius 3 is 1.85 bits per heavy atom. The van der Waals surface area contributed by atoms with Crippen molar-refractivity contribution in [1.82, 2.24) is 4.90 Å². The van der Waals surface area contributed by atoms with Crippen LogP contribution < -0.4 is 5.73 Å². The second-order valence-corrected chi connectivity index (χ2v) is 6.04. The third-order valence-corrected chi connectivity index (χ3v) is 1.88. The van der Waals surface area contributed by atoms with E-state index in [0.717, 1.165) is 19.5 Å². The van der Waals surface area contributed by atoms with Crippen LogP contribution in [0.4, 0.5) is 0 Å². The summed E-state index contributed by atoms with van der Waals surface area (Å²) >= 11 is 0. The van der Waals surface area contributed by atoms with E-state index in [-0.39, 0.29) is 5.54 Å². The quantitative estimate of drug-likeness (QED) is 0.728. The maximum absolute atomic E-state index is 5.92. The Bertz CT molecular complexity index is 139. The van der Waals surface area contributed by atoms with Crippen molar-refractivity contribution < 1.29 is 0 Å². The van der Waals surface area contributed by atoms with Crippen LogP contribution >= 0.6 is 0 Å². The van der Waals surface area contributed by atoms with Crippen LogP contribution in [0.1, 0.15) is 41.0 Å². The van der Waals surface area contributed by atoms with Gasteiger partial charge in [0, 0.05) is 12.1 Å². The van der Waals surface area contributed by atoms with Gasteiger partial charge >= 0.3 is 0 Å². The molecule has 0 radical (unpaired) electrons. The van der Waals surface area contributed by atoms with Crippen LogP contribution in [0.2, 0.25) is 0 Å². The first-order valence-electron chi connectivity index (χ1n) is 5.08. The first-order valence-corrected chi connectivity index (χ1v) is 5.08. The van der Waals surface area contributed by atoms with Gasteiger partial charge in [-0.2, -0.15) is 0 Å². The summed E-state index contributed by atoms with van der Waals surface area (Å²) in [6.07, 6.45) is 1.06. The van der Waals surface area contributed by atoms with E-state index < -0.39 is 0 Å². The first kappa shape index (κ1) is 12.9. The highest BCUT2D eigenvalue weighted by Gasteiger charge is 2.16. The van der Waals surface area contributed by atoms with Crippen LogP contribution in [0.15, 0.2) is 0 Å². The number of hydrogen-bond donors (Lipinski definition) is 1. The summed E-state index contributed by atoms with van der Waals surface area (Å²) in [6.45, 7) is 13.2. The smallest absolute Gasteiger partial charge is 0.0109 e. The lowest BCUT2D eigenvalue weighted by Crippen LogP contribution is -2.38. The van der Waals surface area contributed by atoms with Gasteiger partial charge in [0.05, 0.1) is 0 Å². The van der Waals surface area contributed by atoms with Gasteiger partial charge in [-0.1, -0.05) is 20.8 Å². The molecule has 0 saturated heterocycles. The Morgan fingerprint density at radius 2 is 1.54 bits per heavy atom. The van der Waals surface area contributed by atoms with Gasteiger partial charge in [0.25, 0.3) is 0 Å². The molecule has 2 nitrogen and oxygen atoms in total. The van der Waals surface area contributed by atoms with E-state index in [1.54, 1.807) is 0 Å². The molecule has 13 heavy (non-hydrogen) atoms. The zero-order valence-corrected chi connectivity index (χ0v) is 10.1. The van der Waals surface area contributed by atoms with E-state index in [0.29, 0.717) is 5.41 Å². The van der Waals surface area contributed by atoms with Gasteiger partial charge in [-0.15, -0.1) is 0 Å². The third-order valence-electron chi connectivity index (χ3n) is 1.88. The van der Waals surface area contributed by atoms with Gasteiger partial charge in [-0.3, -0.25) is 0 Å². The fraction of sp³-hybridized carbons (Fsp3) is 1.00. The van der Waals surface area contributed by atoms with E-state index in [1.807, 2.05) is 0 Å². The molecule has 0 spiro atoms. The fourth-order valence-corrected chi connectivity index (χ4v) is 1.37. The number of nitrogens with zero attached hydrogens (tertiary/aromatic N) is 1. The van der Waals surface area contributed by atoms with Gasteiger partial charge in [0.15, 0.2) is 0 Å². The Labute approximate surface area is 83.5 Å². The Hall–Kier alpha value is -0.0800. The van der Waals surface area contributed by atoms with Gasteiger partial charge in [0.2, 0.25) is 0 Å². The maximum atomic E-state index is 5.92. The molecule has 0 unspecified atom stereocenters. The molecule has 0 heterocycles. The largest absolute Gasteiger partial charge is 0.326 e. The minimum absolute atomic E-state index is 0.0356. The molecule has 0 aliphatic carbocycles. The van der Waals surface area contributed by atoms with Crippen LogP contribution in [0.25, 0.3) is 0 Å². The lowest BCUT2D eigenvalue weighted by Gasteiger charge is -2.29. The van der Waals surface area contributed by atoms with Crippen LogP contribution in [0, 0.1) is 5.41 Å². The maximum Gasteiger partial charge on any atom is 0.0109 e. The van der Waals surface area contributed by atoms with Crippen molar-refractivity contribution in [3.05, 3.63) is 0 Å². The van der Waals surface area contributed by atoms with E-state index >= 15 is 0 Å². The zero-order chi connectivity index (χ0) is 10.7. The lowest BCUT2D eigenvalue weighted by molar-refractivity contribution is 0.212. The molecular formula is C11H26N2. The topological polar surface area (TPSA) is 29.3 Å². The number of hydrogen-bond acceptors (Lipinski definition) is 2. The second-order valence-electron chi connectivity index (χ2n) is 6.04. The summed E-state index contributed by atoms with van der Waals surface area (Å²) in [7, 11) is 2.16. The molecule has 0 aromatic heterocycles. The highest BCUT2D eigenvalue weighted by Crippen LogP contribution is 2.15. The molecule has 0 bridgehead atoms. The highest BCUT2D eigenvalue weighted by molar-refractivity contribution is 4.74. The van der Waals surface area contributed by atoms with Crippen molar-refractivity contribution in [2.75, 3.05) is 20.1 Å². The highest BCUT2D eigenvalue weighted by atomic mass is 15.1. The SMILES string of the molecule is CN(CCC(C)(C)N)CC(C)(C)C. The van der Waals surface area contributed by atoms with Crippen molar-refractivity contribution >= 4 is 0 Å². The molecule has 2 N–H and O–H groups in total. The van der Waals surface area contributed by atoms with Crippen LogP contribution in [-0.2, 0) is 0 Å². The van der Waals surface area contributed by atoms with Crippen LogP contribution in [-0.4, -0.2) is 30.6 Å². The summed E-state index contributed by atoms with van der Waals surface area (Å²) in [5, 5.41) is 0. The van der Waals surface area contributed by atoms with Gasteiger partial charge < -0.3 is 10.6 Å². The van der Waals surface area contributed by atoms with Gasteiger partial charge in [-0.05, 0) is 39.3 Å².